The van der Waals surface area contributed by atoms with E-state index in [0.29, 0.717) is 18.4 Å². The van der Waals surface area contributed by atoms with Gasteiger partial charge in [-0.15, -0.1) is 11.8 Å². The predicted molar refractivity (Wildman–Crippen MR) is 241 cm³/mol. The number of aliphatic carboxylic acids is 1. The van der Waals surface area contributed by atoms with E-state index >= 15 is 0 Å². The number of ketones is 1. The molecule has 25 heteroatoms. The lowest BCUT2D eigenvalue weighted by Gasteiger charge is -2.27. The minimum absolute atomic E-state index is 0.0486. The molecule has 64 heavy (non-hydrogen) atoms. The summed E-state index contributed by atoms with van der Waals surface area (Å²) in [5.41, 5.74) is 11.5. The highest BCUT2D eigenvalue weighted by atomic mass is 33.1. The normalized spacial score (nSPS) is 25.2. The molecule has 2 fully saturated rings. The van der Waals surface area contributed by atoms with E-state index in [-0.39, 0.29) is 61.2 Å². The van der Waals surface area contributed by atoms with Gasteiger partial charge in [-0.3, -0.25) is 52.9 Å². The van der Waals surface area contributed by atoms with E-state index in [0.717, 1.165) is 33.3 Å². The number of aliphatic imine (C=N–C) groups is 1. The quantitative estimate of drug-likeness (QED) is 0.0327. The Morgan fingerprint density at radius 1 is 0.703 bits per heavy atom. The number of benzene rings is 1. The lowest BCUT2D eigenvalue weighted by atomic mass is 10.0. The highest BCUT2D eigenvalue weighted by Crippen LogP contribution is 2.24. The van der Waals surface area contributed by atoms with E-state index in [1.807, 2.05) is 0 Å². The lowest BCUT2D eigenvalue weighted by molar-refractivity contribution is -0.141. The van der Waals surface area contributed by atoms with Crippen molar-refractivity contribution in [3.05, 3.63) is 42.8 Å². The van der Waals surface area contributed by atoms with Crippen molar-refractivity contribution in [2.75, 3.05) is 36.1 Å². The first-order chi connectivity index (χ1) is 30.5. The van der Waals surface area contributed by atoms with Crippen LogP contribution in [0.15, 0.2) is 35.3 Å². The van der Waals surface area contributed by atoms with Gasteiger partial charge in [0.1, 0.15) is 36.3 Å². The van der Waals surface area contributed by atoms with E-state index in [4.69, 9.17) is 11.5 Å². The molecule has 2 saturated heterocycles. The van der Waals surface area contributed by atoms with E-state index in [1.165, 1.54) is 6.92 Å². The van der Waals surface area contributed by atoms with Gasteiger partial charge in [-0.2, -0.15) is 6.42 Å². The van der Waals surface area contributed by atoms with Crippen molar-refractivity contribution < 1.29 is 53.1 Å². The number of hydrogen-bond donors (Lipinski definition) is 11. The summed E-state index contributed by atoms with van der Waals surface area (Å²) in [6, 6.07) is -0.892. The summed E-state index contributed by atoms with van der Waals surface area (Å²) in [5, 5.41) is 30.0. The number of fused-ring (bicyclic) bond motifs is 5. The van der Waals surface area contributed by atoms with Crippen LogP contribution in [0.3, 0.4) is 0 Å². The van der Waals surface area contributed by atoms with Crippen LogP contribution in [0, 0.1) is 6.92 Å². The number of carboxylic acids is 1. The molecule has 7 atom stereocenters. The van der Waals surface area contributed by atoms with Crippen LogP contribution >= 0.6 is 33.3 Å². The average molecular weight is 951 g/mol. The maximum atomic E-state index is 14.2. The fraction of sp³-hybridized carbons (Fsp3) is 0.538. The second-order valence-corrected chi connectivity index (χ2v) is 18.3. The van der Waals surface area contributed by atoms with E-state index in [9.17, 15) is 53.1 Å². The molecule has 8 amide bonds. The maximum Gasteiger partial charge on any atom is 0.305 e. The molecule has 0 aromatic heterocycles. The van der Waals surface area contributed by atoms with Gasteiger partial charge < -0.3 is 66.0 Å². The number of unbranched alkanes of at least 4 members (excludes halogenated alkanes) is 1. The Labute approximate surface area is 382 Å². The summed E-state index contributed by atoms with van der Waals surface area (Å²) < 4.78 is 0. The molecule has 13 N–H and O–H groups in total. The van der Waals surface area contributed by atoms with Gasteiger partial charge >= 0.3 is 5.97 Å². The minimum atomic E-state index is -1.74. The van der Waals surface area contributed by atoms with Gasteiger partial charge in [0, 0.05) is 30.2 Å². The third-order valence-electron chi connectivity index (χ3n) is 9.49. The van der Waals surface area contributed by atoms with Gasteiger partial charge in [0.05, 0.1) is 24.8 Å². The summed E-state index contributed by atoms with van der Waals surface area (Å²) >= 11 is 1.00. The van der Waals surface area contributed by atoms with Gasteiger partial charge in [0.25, 0.3) is 0 Å². The molecular weight excluding hydrogens is 895 g/mol. The number of guanidine groups is 1. The molecular formula is C39H56N11O11S3-. The molecule has 0 radical (unpaired) electrons. The number of nitrogens with two attached hydrogens (primary N) is 2. The van der Waals surface area contributed by atoms with Crippen LogP contribution < -0.4 is 54.0 Å². The Balaban J connectivity index is 2.13. The number of carboxylic acid groups (broad SMARTS) is 1. The largest absolute Gasteiger partial charge is 0.481 e. The molecule has 22 nitrogen and oxygen atoms in total. The maximum absolute atomic E-state index is 14.2. The third kappa shape index (κ3) is 19.0. The fourth-order valence-electron chi connectivity index (χ4n) is 6.09. The number of hydrogen-bond acceptors (Lipinski definition) is 14. The Hall–Kier alpha value is -5.56. The molecule has 0 spiro atoms. The van der Waals surface area contributed by atoms with Crippen LogP contribution in [0.25, 0.3) is 0 Å². The highest BCUT2D eigenvalue weighted by Gasteiger charge is 2.34. The summed E-state index contributed by atoms with van der Waals surface area (Å²) in [7, 11) is 1.95. The van der Waals surface area contributed by atoms with Crippen LogP contribution in [0.4, 0.5) is 0 Å². The Bertz CT molecular complexity index is 1870. The second kappa shape index (κ2) is 27.6. The zero-order chi connectivity index (χ0) is 47.2. The number of nitrogens with one attached hydrogen (secondary N) is 8. The van der Waals surface area contributed by atoms with Crippen LogP contribution in [0.5, 0.6) is 0 Å². The van der Waals surface area contributed by atoms with E-state index in [1.54, 1.807) is 30.3 Å². The first-order valence-corrected chi connectivity index (χ1v) is 23.9. The molecule has 352 valence electrons. The lowest BCUT2D eigenvalue weighted by Crippen LogP contribution is -2.59. The Morgan fingerprint density at radius 2 is 1.27 bits per heavy atom. The molecule has 2 aliphatic rings. The van der Waals surface area contributed by atoms with Crippen LogP contribution in [0.2, 0.25) is 0 Å². The summed E-state index contributed by atoms with van der Waals surface area (Å²) in [4.78, 5) is 138. The van der Waals surface area contributed by atoms with Crippen molar-refractivity contribution in [2.24, 2.45) is 16.5 Å². The summed E-state index contributed by atoms with van der Waals surface area (Å²) in [6.07, 6.45) is 0.0851. The number of Topliss-reactive ketones (excluding diaryl/α,β-unsaturated/α-hetero) is 1. The van der Waals surface area contributed by atoms with Crippen LogP contribution in [-0.4, -0.2) is 148 Å². The van der Waals surface area contributed by atoms with Crippen molar-refractivity contribution in [1.82, 2.24) is 42.5 Å². The SMILES string of the molecule is [CH2-]CCC[C@@H]1NC(=O)CSC[C@@H](C(C)=O)NC(=O)[C@H](Cc2ccccc2)NC(=O)[C@@H]2CSSC[C@H](NC1=O)C(=O)N[C@@H](CCCN=C(N)N)C(=O)NCC(=O)N[C@@H](CC(=O)O)C(=O)N2. The van der Waals surface area contributed by atoms with E-state index in [2.05, 4.69) is 54.5 Å². The van der Waals surface area contributed by atoms with Gasteiger partial charge in [-0.05, 0) is 31.7 Å². The molecule has 2 heterocycles. The molecule has 2 aliphatic heterocycles. The first-order valence-electron chi connectivity index (χ1n) is 20.3. The van der Waals surface area contributed by atoms with Crippen molar-refractivity contribution in [3.63, 3.8) is 0 Å². The molecule has 3 rings (SSSR count). The smallest absolute Gasteiger partial charge is 0.305 e. The standard InChI is InChI=1S/C39H56N11O11S3/c1-3-4-11-24-34(57)49-28-18-63-64-19-29(38(61)47-25(14-22-9-6-5-7-10-22)35(58)48-27(21(2)51)17-62-20-31(53)44-24)50-36(59)26(15-32(54)55)45-30(52)16-43-33(56)23(46-37(28)60)12-8-13-42-39(40)41/h5-7,9-10,23-29H,1,3-4,8,11-20H2,2H3,(H,43,56)(H,44,53)(H,45,52)(H,46,60)(H,47,61)(H,48,58)(H,49,57)(H,50,59)(H,54,55)(H4,40,41,42)/q-1/t23-,24-,25-,26-,27-,28-,29-/m0/s1. The molecule has 0 aliphatic carbocycles. The topological polar surface area (TPSA) is 352 Å². The van der Waals surface area contributed by atoms with Gasteiger partial charge in [-0.25, -0.2) is 0 Å². The average Bonchev–Trinajstić information content (AvgIpc) is 3.24. The van der Waals surface area contributed by atoms with Crippen LogP contribution in [-0.2, 0) is 54.4 Å². The minimum Gasteiger partial charge on any atom is -0.481 e. The van der Waals surface area contributed by atoms with Crippen LogP contribution in [0.1, 0.15) is 51.0 Å². The fourth-order valence-corrected chi connectivity index (χ4v) is 9.36. The van der Waals surface area contributed by atoms with Crippen molar-refractivity contribution in [2.45, 2.75) is 94.2 Å². The monoisotopic (exact) mass is 950 g/mol. The number of carbonyl (C=O) groups is 10. The van der Waals surface area contributed by atoms with Gasteiger partial charge in [0.2, 0.25) is 47.3 Å². The summed E-state index contributed by atoms with van der Waals surface area (Å²) in [6.45, 7) is 4.34. The van der Waals surface area contributed by atoms with E-state index < -0.39 is 114 Å². The van der Waals surface area contributed by atoms with Gasteiger partial charge in [-0.1, -0.05) is 58.3 Å². The van der Waals surface area contributed by atoms with Crippen molar-refractivity contribution in [1.29, 1.82) is 0 Å². The second-order valence-electron chi connectivity index (χ2n) is 14.7. The van der Waals surface area contributed by atoms with Gasteiger partial charge in [0.15, 0.2) is 11.7 Å². The number of thioether (sulfide) groups is 1. The molecule has 1 aromatic carbocycles. The summed E-state index contributed by atoms with van der Waals surface area (Å²) in [5.74, 6) is -9.63. The van der Waals surface area contributed by atoms with Crippen molar-refractivity contribution in [3.8, 4) is 0 Å². The zero-order valence-corrected chi connectivity index (χ0v) is 37.6. The Morgan fingerprint density at radius 3 is 1.86 bits per heavy atom. The highest BCUT2D eigenvalue weighted by molar-refractivity contribution is 8.76. The molecule has 2 bridgehead atoms. The third-order valence-corrected chi connectivity index (χ3v) is 12.9. The molecule has 0 unspecified atom stereocenters. The molecule has 0 saturated carbocycles. The predicted octanol–water partition coefficient (Wildman–Crippen LogP) is -3.00. The zero-order valence-electron chi connectivity index (χ0n) is 35.2. The number of amides is 8. The number of rotatable bonds is 12. The number of carbonyl (C=O) groups excluding carboxylic acids is 9. The first kappa shape index (κ1) is 52.8. The Kier molecular flexibility index (Phi) is 22.8. The van der Waals surface area contributed by atoms with Crippen molar-refractivity contribution >= 4 is 98.3 Å². The number of nitrogens with zero attached hydrogens (tertiary/aromatic N) is 1. The molecule has 1 aromatic rings.